The Hall–Kier alpha value is -2.68. The molecule has 0 saturated heterocycles. The molecule has 0 amide bonds. The standard InChI is InChI=1S/C18H17N3/c1-13-7-6-10-16-14(2)11-17(20-18(13)16)21-19-12-15-8-4-3-5-9-15/h3-12H,1-2H3,(H,20,21). The number of nitrogens with zero attached hydrogens (tertiary/aromatic N) is 2. The fourth-order valence-corrected chi connectivity index (χ4v) is 2.33. The lowest BCUT2D eigenvalue weighted by atomic mass is 10.1. The maximum absolute atomic E-state index is 4.64. The van der Waals surface area contributed by atoms with E-state index >= 15 is 0 Å². The van der Waals surface area contributed by atoms with Crippen LogP contribution in [0.1, 0.15) is 16.7 Å². The summed E-state index contributed by atoms with van der Waals surface area (Å²) < 4.78 is 0. The highest BCUT2D eigenvalue weighted by molar-refractivity contribution is 5.86. The van der Waals surface area contributed by atoms with E-state index in [2.05, 4.69) is 47.6 Å². The monoisotopic (exact) mass is 275 g/mol. The third kappa shape index (κ3) is 2.92. The number of para-hydroxylation sites is 1. The molecular weight excluding hydrogens is 258 g/mol. The molecule has 1 N–H and O–H groups in total. The first kappa shape index (κ1) is 13.3. The van der Waals surface area contributed by atoms with Crippen molar-refractivity contribution in [3.8, 4) is 0 Å². The van der Waals surface area contributed by atoms with Gasteiger partial charge >= 0.3 is 0 Å². The molecule has 0 bridgehead atoms. The first-order valence-corrected chi connectivity index (χ1v) is 6.95. The molecule has 0 aliphatic carbocycles. The Bertz CT molecular complexity index is 792. The van der Waals surface area contributed by atoms with Crippen molar-refractivity contribution in [1.29, 1.82) is 0 Å². The summed E-state index contributed by atoms with van der Waals surface area (Å²) in [6, 6.07) is 18.2. The summed E-state index contributed by atoms with van der Waals surface area (Å²) in [6.45, 7) is 4.17. The van der Waals surface area contributed by atoms with Gasteiger partial charge in [0.1, 0.15) is 5.82 Å². The third-order valence-electron chi connectivity index (χ3n) is 3.44. The average molecular weight is 275 g/mol. The van der Waals surface area contributed by atoms with E-state index < -0.39 is 0 Å². The van der Waals surface area contributed by atoms with Crippen LogP contribution in [0, 0.1) is 13.8 Å². The number of anilines is 1. The fourth-order valence-electron chi connectivity index (χ4n) is 2.33. The molecule has 0 aliphatic heterocycles. The topological polar surface area (TPSA) is 37.3 Å². The third-order valence-corrected chi connectivity index (χ3v) is 3.44. The summed E-state index contributed by atoms with van der Waals surface area (Å²) in [4.78, 5) is 4.64. The number of aryl methyl sites for hydroxylation is 2. The molecule has 104 valence electrons. The number of rotatable bonds is 3. The van der Waals surface area contributed by atoms with E-state index in [1.165, 1.54) is 16.5 Å². The van der Waals surface area contributed by atoms with Crippen LogP contribution in [0.5, 0.6) is 0 Å². The molecule has 0 unspecified atom stereocenters. The molecular formula is C18H17N3. The smallest absolute Gasteiger partial charge is 0.147 e. The number of hydrogen-bond acceptors (Lipinski definition) is 3. The molecule has 0 fully saturated rings. The van der Waals surface area contributed by atoms with Gasteiger partial charge in [0.25, 0.3) is 0 Å². The molecule has 0 aliphatic rings. The molecule has 3 rings (SSSR count). The van der Waals surface area contributed by atoms with E-state index in [0.717, 1.165) is 16.9 Å². The summed E-state index contributed by atoms with van der Waals surface area (Å²) in [5.74, 6) is 0.765. The van der Waals surface area contributed by atoms with E-state index in [4.69, 9.17) is 0 Å². The molecule has 1 aromatic heterocycles. The Labute approximate surface area is 124 Å². The molecule has 2 aromatic carbocycles. The van der Waals surface area contributed by atoms with Crippen LogP contribution in [0.15, 0.2) is 59.7 Å². The van der Waals surface area contributed by atoms with Gasteiger partial charge in [-0.2, -0.15) is 5.10 Å². The molecule has 21 heavy (non-hydrogen) atoms. The van der Waals surface area contributed by atoms with Crippen LogP contribution in [0.4, 0.5) is 5.82 Å². The minimum absolute atomic E-state index is 0.765. The van der Waals surface area contributed by atoms with Gasteiger partial charge in [0, 0.05) is 5.39 Å². The lowest BCUT2D eigenvalue weighted by molar-refractivity contribution is 1.24. The van der Waals surface area contributed by atoms with Gasteiger partial charge in [-0.3, -0.25) is 5.43 Å². The van der Waals surface area contributed by atoms with E-state index in [-0.39, 0.29) is 0 Å². The second kappa shape index (κ2) is 5.75. The van der Waals surface area contributed by atoms with Crippen molar-refractivity contribution in [1.82, 2.24) is 4.98 Å². The van der Waals surface area contributed by atoms with Crippen LogP contribution in [-0.4, -0.2) is 11.2 Å². The molecule has 0 atom stereocenters. The number of nitrogens with one attached hydrogen (secondary N) is 1. The number of fused-ring (bicyclic) bond motifs is 1. The van der Waals surface area contributed by atoms with Gasteiger partial charge in [0.05, 0.1) is 11.7 Å². The predicted octanol–water partition coefficient (Wildman–Crippen LogP) is 4.30. The molecule has 3 nitrogen and oxygen atoms in total. The minimum atomic E-state index is 0.765. The quantitative estimate of drug-likeness (QED) is 0.571. The lowest BCUT2D eigenvalue weighted by Crippen LogP contribution is -1.96. The van der Waals surface area contributed by atoms with Gasteiger partial charge in [-0.1, -0.05) is 48.5 Å². The number of hydrogen-bond donors (Lipinski definition) is 1. The highest BCUT2D eigenvalue weighted by atomic mass is 15.3. The number of hydrazone groups is 1. The minimum Gasteiger partial charge on any atom is -0.261 e. The number of pyridine rings is 1. The SMILES string of the molecule is Cc1cc(NN=Cc2ccccc2)nc2c(C)cccc12. The van der Waals surface area contributed by atoms with Gasteiger partial charge in [0.2, 0.25) is 0 Å². The fraction of sp³-hybridized carbons (Fsp3) is 0.111. The second-order valence-corrected chi connectivity index (χ2v) is 5.08. The molecule has 0 saturated carbocycles. The normalized spacial score (nSPS) is 11.1. The highest BCUT2D eigenvalue weighted by Crippen LogP contribution is 2.22. The van der Waals surface area contributed by atoms with Crippen molar-refractivity contribution < 1.29 is 0 Å². The molecule has 0 spiro atoms. The first-order valence-electron chi connectivity index (χ1n) is 6.95. The lowest BCUT2D eigenvalue weighted by Gasteiger charge is -2.07. The molecule has 3 heteroatoms. The molecule has 1 heterocycles. The van der Waals surface area contributed by atoms with Crippen molar-refractivity contribution in [3.05, 3.63) is 71.3 Å². The van der Waals surface area contributed by atoms with Crippen molar-refractivity contribution in [3.63, 3.8) is 0 Å². The van der Waals surface area contributed by atoms with Crippen molar-refractivity contribution >= 4 is 22.9 Å². The summed E-state index contributed by atoms with van der Waals surface area (Å²) >= 11 is 0. The highest BCUT2D eigenvalue weighted by Gasteiger charge is 2.04. The summed E-state index contributed by atoms with van der Waals surface area (Å²) in [7, 11) is 0. The van der Waals surface area contributed by atoms with Gasteiger partial charge in [0.15, 0.2) is 0 Å². The average Bonchev–Trinajstić information content (AvgIpc) is 2.50. The van der Waals surface area contributed by atoms with Crippen molar-refractivity contribution in [2.75, 3.05) is 5.43 Å². The van der Waals surface area contributed by atoms with Crippen LogP contribution in [0.2, 0.25) is 0 Å². The van der Waals surface area contributed by atoms with E-state index in [1.807, 2.05) is 36.4 Å². The Morgan fingerprint density at radius 3 is 2.57 bits per heavy atom. The Kier molecular flexibility index (Phi) is 3.65. The van der Waals surface area contributed by atoms with Gasteiger partial charge < -0.3 is 0 Å². The number of aromatic nitrogens is 1. The van der Waals surface area contributed by atoms with E-state index in [9.17, 15) is 0 Å². The zero-order valence-corrected chi connectivity index (χ0v) is 12.2. The Morgan fingerprint density at radius 2 is 1.76 bits per heavy atom. The molecule has 0 radical (unpaired) electrons. The van der Waals surface area contributed by atoms with Crippen LogP contribution < -0.4 is 5.43 Å². The first-order chi connectivity index (χ1) is 10.2. The van der Waals surface area contributed by atoms with Crippen molar-refractivity contribution in [2.45, 2.75) is 13.8 Å². The maximum Gasteiger partial charge on any atom is 0.147 e. The number of benzene rings is 2. The largest absolute Gasteiger partial charge is 0.261 e. The van der Waals surface area contributed by atoms with E-state index in [1.54, 1.807) is 6.21 Å². The van der Waals surface area contributed by atoms with Gasteiger partial charge in [-0.15, -0.1) is 0 Å². The maximum atomic E-state index is 4.64. The van der Waals surface area contributed by atoms with Gasteiger partial charge in [-0.05, 0) is 36.6 Å². The summed E-state index contributed by atoms with van der Waals surface area (Å²) in [6.07, 6.45) is 1.79. The van der Waals surface area contributed by atoms with Crippen molar-refractivity contribution in [2.24, 2.45) is 5.10 Å². The van der Waals surface area contributed by atoms with Crippen LogP contribution in [0.25, 0.3) is 10.9 Å². The second-order valence-electron chi connectivity index (χ2n) is 5.08. The predicted molar refractivity (Wildman–Crippen MR) is 88.9 cm³/mol. The molecule has 3 aromatic rings. The summed E-state index contributed by atoms with van der Waals surface area (Å²) in [5.41, 5.74) is 7.46. The zero-order chi connectivity index (χ0) is 14.7. The summed E-state index contributed by atoms with van der Waals surface area (Å²) in [5, 5.41) is 5.44. The van der Waals surface area contributed by atoms with Crippen LogP contribution in [0.3, 0.4) is 0 Å². The zero-order valence-electron chi connectivity index (χ0n) is 12.2. The Balaban J connectivity index is 1.88. The van der Waals surface area contributed by atoms with E-state index in [0.29, 0.717) is 0 Å². The van der Waals surface area contributed by atoms with Crippen LogP contribution in [-0.2, 0) is 0 Å². The Morgan fingerprint density at radius 1 is 0.952 bits per heavy atom. The van der Waals surface area contributed by atoms with Crippen LogP contribution >= 0.6 is 0 Å². The van der Waals surface area contributed by atoms with Gasteiger partial charge in [-0.25, -0.2) is 4.98 Å².